The van der Waals surface area contributed by atoms with Crippen LogP contribution in [0.4, 0.5) is 5.69 Å². The number of hydrogen-bond acceptors (Lipinski definition) is 5. The summed E-state index contributed by atoms with van der Waals surface area (Å²) in [5.41, 5.74) is 2.89. The third-order valence-electron chi connectivity index (χ3n) is 11.1. The predicted molar refractivity (Wildman–Crippen MR) is 191 cm³/mol. The number of fused-ring (bicyclic) bond motifs is 4. The highest BCUT2D eigenvalue weighted by molar-refractivity contribution is 9.10. The van der Waals surface area contributed by atoms with Gasteiger partial charge in [-0.3, -0.25) is 24.1 Å². The second kappa shape index (κ2) is 11.8. The fourth-order valence-electron chi connectivity index (χ4n) is 8.99. The molecule has 4 aromatic rings. The Labute approximate surface area is 292 Å². The Kier molecular flexibility index (Phi) is 7.49. The molecule has 6 nitrogen and oxygen atoms in total. The lowest BCUT2D eigenvalue weighted by Gasteiger charge is -2.55. The summed E-state index contributed by atoms with van der Waals surface area (Å²) in [6.07, 6.45) is 5.68. The topological polar surface area (TPSA) is 91.8 Å². The number of Topliss-reactive ketones (excluding diaryl/α,β-unsaturated/α-hetero) is 1. The number of aromatic hydroxyl groups is 1. The van der Waals surface area contributed by atoms with Crippen molar-refractivity contribution >= 4 is 56.6 Å². The average molecular weight is 711 g/mol. The van der Waals surface area contributed by atoms with Crippen molar-refractivity contribution in [1.29, 1.82) is 0 Å². The second-order valence-corrected chi connectivity index (χ2v) is 14.2. The van der Waals surface area contributed by atoms with Crippen molar-refractivity contribution in [3.05, 3.63) is 154 Å². The minimum Gasteiger partial charge on any atom is -0.508 e. The normalized spacial score (nSPS) is 27.5. The van der Waals surface area contributed by atoms with Crippen molar-refractivity contribution < 1.29 is 24.3 Å². The molecule has 6 atom stereocenters. The molecule has 0 aromatic heterocycles. The maximum Gasteiger partial charge on any atom is 0.238 e. The summed E-state index contributed by atoms with van der Waals surface area (Å²) in [6, 6.07) is 30.8. The maximum atomic E-state index is 15.1. The number of amides is 2. The van der Waals surface area contributed by atoms with Crippen molar-refractivity contribution in [2.45, 2.75) is 24.2 Å². The van der Waals surface area contributed by atoms with E-state index >= 15 is 4.79 Å². The highest BCUT2D eigenvalue weighted by Crippen LogP contribution is 2.64. The Balaban J connectivity index is 1.36. The molecule has 49 heavy (non-hydrogen) atoms. The Hall–Kier alpha value is -5.14. The van der Waals surface area contributed by atoms with Gasteiger partial charge in [-0.05, 0) is 71.9 Å². The summed E-state index contributed by atoms with van der Waals surface area (Å²) in [4.78, 5) is 59.9. The molecular formula is C42H32BrNO5. The molecule has 4 aliphatic rings. The number of phenols is 1. The lowest BCUT2D eigenvalue weighted by Crippen LogP contribution is -2.58. The van der Waals surface area contributed by atoms with Gasteiger partial charge in [0.2, 0.25) is 11.8 Å². The monoisotopic (exact) mass is 709 g/mol. The molecule has 1 saturated carbocycles. The molecule has 242 valence electrons. The first-order valence-corrected chi connectivity index (χ1v) is 17.2. The van der Waals surface area contributed by atoms with Gasteiger partial charge in [0, 0.05) is 27.4 Å². The number of hydrogen-bond donors (Lipinski definition) is 1. The average Bonchev–Trinajstić information content (AvgIpc) is 3.39. The zero-order valence-corrected chi connectivity index (χ0v) is 28.0. The number of ketones is 2. The van der Waals surface area contributed by atoms with Crippen LogP contribution in [0.1, 0.15) is 41.0 Å². The van der Waals surface area contributed by atoms with Gasteiger partial charge in [0.25, 0.3) is 0 Å². The summed E-state index contributed by atoms with van der Waals surface area (Å²) < 4.78 is 0.702. The second-order valence-electron chi connectivity index (χ2n) is 13.3. The lowest BCUT2D eigenvalue weighted by atomic mass is 9.44. The molecule has 6 unspecified atom stereocenters. The van der Waals surface area contributed by atoms with E-state index in [0.717, 1.165) is 11.1 Å². The number of carbonyl (C=O) groups excluding carboxylic acids is 4. The summed E-state index contributed by atoms with van der Waals surface area (Å²) in [6.45, 7) is 3.80. The first-order chi connectivity index (χ1) is 23.7. The van der Waals surface area contributed by atoms with E-state index in [9.17, 15) is 19.5 Å². The zero-order chi connectivity index (χ0) is 34.0. The van der Waals surface area contributed by atoms with Gasteiger partial charge in [-0.15, -0.1) is 0 Å². The van der Waals surface area contributed by atoms with Gasteiger partial charge in [0.15, 0.2) is 11.6 Å². The largest absolute Gasteiger partial charge is 0.508 e. The number of allylic oxidation sites excluding steroid dienone is 4. The Morgan fingerprint density at radius 1 is 0.837 bits per heavy atom. The number of benzene rings is 4. The smallest absolute Gasteiger partial charge is 0.238 e. The fourth-order valence-corrected chi connectivity index (χ4v) is 9.37. The first-order valence-electron chi connectivity index (χ1n) is 16.5. The number of halogens is 1. The van der Waals surface area contributed by atoms with E-state index in [1.165, 1.54) is 11.0 Å². The Morgan fingerprint density at radius 2 is 1.53 bits per heavy atom. The van der Waals surface area contributed by atoms with Gasteiger partial charge in [-0.1, -0.05) is 113 Å². The number of rotatable bonds is 5. The predicted octanol–water partition coefficient (Wildman–Crippen LogP) is 7.83. The van der Waals surface area contributed by atoms with Crippen molar-refractivity contribution in [3.63, 3.8) is 0 Å². The molecule has 0 spiro atoms. The first kappa shape index (κ1) is 31.1. The maximum absolute atomic E-state index is 15.1. The van der Waals surface area contributed by atoms with Gasteiger partial charge in [-0.25, -0.2) is 0 Å². The van der Waals surface area contributed by atoms with Gasteiger partial charge in [0.1, 0.15) is 5.75 Å². The van der Waals surface area contributed by atoms with Crippen LogP contribution in [0.15, 0.2) is 132 Å². The molecule has 1 heterocycles. The summed E-state index contributed by atoms with van der Waals surface area (Å²) in [5, 5.41) is 11.5. The summed E-state index contributed by atoms with van der Waals surface area (Å²) >= 11 is 3.58. The van der Waals surface area contributed by atoms with Crippen LogP contribution in [0.2, 0.25) is 0 Å². The third kappa shape index (κ3) is 4.59. The van der Waals surface area contributed by atoms with E-state index in [0.29, 0.717) is 38.8 Å². The lowest BCUT2D eigenvalue weighted by molar-refractivity contribution is -0.135. The molecule has 0 radical (unpaired) electrons. The number of anilines is 1. The highest BCUT2D eigenvalue weighted by atomic mass is 79.9. The van der Waals surface area contributed by atoms with Crippen molar-refractivity contribution in [2.24, 2.45) is 23.7 Å². The van der Waals surface area contributed by atoms with E-state index < -0.39 is 35.0 Å². The van der Waals surface area contributed by atoms with Crippen LogP contribution in [-0.2, 0) is 24.6 Å². The Bertz CT molecular complexity index is 2120. The quantitative estimate of drug-likeness (QED) is 0.169. The van der Waals surface area contributed by atoms with Crippen LogP contribution in [0, 0.1) is 23.7 Å². The minimum atomic E-state index is -1.41. The van der Waals surface area contributed by atoms with Crippen LogP contribution in [0.5, 0.6) is 5.75 Å². The van der Waals surface area contributed by atoms with Gasteiger partial charge < -0.3 is 5.11 Å². The molecule has 1 saturated heterocycles. The van der Waals surface area contributed by atoms with Crippen LogP contribution < -0.4 is 4.90 Å². The van der Waals surface area contributed by atoms with Gasteiger partial charge in [-0.2, -0.15) is 0 Å². The molecule has 2 amide bonds. The number of carbonyl (C=O) groups is 4. The molecule has 1 N–H and O–H groups in total. The molecule has 0 bridgehead atoms. The number of phenolic OH excluding ortho intramolecular Hbond substituents is 1. The molecule has 3 aliphatic carbocycles. The summed E-state index contributed by atoms with van der Waals surface area (Å²) in [5.74, 6) is -4.54. The zero-order valence-electron chi connectivity index (χ0n) is 26.5. The van der Waals surface area contributed by atoms with Crippen LogP contribution >= 0.6 is 15.9 Å². The molecule has 7 heteroatoms. The van der Waals surface area contributed by atoms with Crippen LogP contribution in [-0.4, -0.2) is 28.5 Å². The van der Waals surface area contributed by atoms with Crippen molar-refractivity contribution in [1.82, 2.24) is 0 Å². The molecule has 8 rings (SSSR count). The van der Waals surface area contributed by atoms with Gasteiger partial charge >= 0.3 is 0 Å². The molecular weight excluding hydrogens is 678 g/mol. The number of imide groups is 1. The standard InChI is InChI=1S/C42H32BrNO5/c1-2-24-13-16-28(17-14-24)44-40(48)30-19-18-29-32(37(30)41(44)49)22-34-39(47)31(25-9-5-3-6-10-25)23-36(46)42(34,26-11-7-4-8-12-26)38(29)33-21-27(43)15-20-35(33)45/h2-18,20-21,23,30,32,34,37-38,45H,1,19,22H2. The van der Waals surface area contributed by atoms with Gasteiger partial charge in [0.05, 0.1) is 22.9 Å². The molecule has 1 aliphatic heterocycles. The Morgan fingerprint density at radius 3 is 2.22 bits per heavy atom. The third-order valence-corrected chi connectivity index (χ3v) is 11.6. The van der Waals surface area contributed by atoms with E-state index in [-0.39, 0.29) is 35.6 Å². The SMILES string of the molecule is C=Cc1ccc(N2C(=O)C3CC=C4C(CC5C(=O)C(c6ccccc6)=CC(=O)C5(c5ccccc5)C4c4cc(Br)ccc4O)C3C2=O)cc1. The summed E-state index contributed by atoms with van der Waals surface area (Å²) in [7, 11) is 0. The van der Waals surface area contributed by atoms with Crippen molar-refractivity contribution in [3.8, 4) is 5.75 Å². The molecule has 4 aromatic carbocycles. The van der Waals surface area contributed by atoms with Crippen LogP contribution in [0.3, 0.4) is 0 Å². The van der Waals surface area contributed by atoms with Crippen molar-refractivity contribution in [2.75, 3.05) is 4.90 Å². The minimum absolute atomic E-state index is 0.0122. The van der Waals surface area contributed by atoms with E-state index in [1.807, 2.05) is 78.9 Å². The highest BCUT2D eigenvalue weighted by Gasteiger charge is 2.66. The van der Waals surface area contributed by atoms with Crippen LogP contribution in [0.25, 0.3) is 11.6 Å². The molecule has 2 fully saturated rings. The van der Waals surface area contributed by atoms with E-state index in [2.05, 4.69) is 22.5 Å². The fraction of sp³-hybridized carbons (Fsp3) is 0.190. The van der Waals surface area contributed by atoms with E-state index in [1.54, 1.807) is 36.4 Å². The number of nitrogens with zero attached hydrogens (tertiary/aromatic N) is 1. The van der Waals surface area contributed by atoms with E-state index in [4.69, 9.17) is 0 Å².